The summed E-state index contributed by atoms with van der Waals surface area (Å²) >= 11 is 6.51. The van der Waals surface area contributed by atoms with E-state index < -0.39 is 0 Å². The molecule has 0 aliphatic carbocycles. The second-order valence-corrected chi connectivity index (χ2v) is 5.78. The van der Waals surface area contributed by atoms with Gasteiger partial charge in [-0.3, -0.25) is 0 Å². The number of methoxy groups -OCH3 is 1. The fraction of sp³-hybridized carbons (Fsp3) is 0.333. The van der Waals surface area contributed by atoms with Gasteiger partial charge in [-0.1, -0.05) is 35.9 Å². The van der Waals surface area contributed by atoms with Crippen molar-refractivity contribution in [3.8, 4) is 5.75 Å². The summed E-state index contributed by atoms with van der Waals surface area (Å²) < 4.78 is 5.60. The van der Waals surface area contributed by atoms with E-state index in [2.05, 4.69) is 37.4 Å². The van der Waals surface area contributed by atoms with Crippen LogP contribution >= 0.6 is 11.6 Å². The van der Waals surface area contributed by atoms with Gasteiger partial charge in [0.05, 0.1) is 13.2 Å². The van der Waals surface area contributed by atoms with Crippen molar-refractivity contribution in [2.45, 2.75) is 26.8 Å². The van der Waals surface area contributed by atoms with Gasteiger partial charge in [0, 0.05) is 10.6 Å². The summed E-state index contributed by atoms with van der Waals surface area (Å²) in [6.45, 7) is 6.21. The summed E-state index contributed by atoms with van der Waals surface area (Å²) in [5, 5.41) is 4.18. The molecular formula is C18H22ClNO. The Morgan fingerprint density at radius 2 is 1.81 bits per heavy atom. The van der Waals surface area contributed by atoms with Gasteiger partial charge in [0.25, 0.3) is 0 Å². The third-order valence-corrected chi connectivity index (χ3v) is 4.34. The quantitative estimate of drug-likeness (QED) is 0.892. The molecule has 2 aromatic rings. The molecule has 0 saturated carbocycles. The van der Waals surface area contributed by atoms with Crippen LogP contribution in [0.5, 0.6) is 5.75 Å². The lowest BCUT2D eigenvalue weighted by molar-refractivity contribution is 0.404. The maximum atomic E-state index is 6.51. The van der Waals surface area contributed by atoms with E-state index in [9.17, 15) is 0 Å². The molecule has 21 heavy (non-hydrogen) atoms. The predicted molar refractivity (Wildman–Crippen MR) is 89.6 cm³/mol. The van der Waals surface area contributed by atoms with Gasteiger partial charge in [-0.2, -0.15) is 0 Å². The van der Waals surface area contributed by atoms with Crippen LogP contribution in [-0.2, 0) is 0 Å². The first-order valence-electron chi connectivity index (χ1n) is 7.07. The minimum Gasteiger partial charge on any atom is -0.496 e. The Hall–Kier alpha value is -1.51. The molecule has 112 valence electrons. The topological polar surface area (TPSA) is 21.3 Å². The Morgan fingerprint density at radius 3 is 2.43 bits per heavy atom. The first-order valence-corrected chi connectivity index (χ1v) is 7.44. The molecule has 2 rings (SSSR count). The Balaban J connectivity index is 2.64. The molecule has 0 fully saturated rings. The van der Waals surface area contributed by atoms with Crippen LogP contribution in [0.1, 0.15) is 33.9 Å². The summed E-state index contributed by atoms with van der Waals surface area (Å²) in [6.07, 6.45) is 0. The molecule has 0 aliphatic rings. The summed E-state index contributed by atoms with van der Waals surface area (Å²) in [5.74, 6) is 0.893. The van der Waals surface area contributed by atoms with Crippen LogP contribution in [0.25, 0.3) is 0 Å². The molecule has 2 aromatic carbocycles. The molecular weight excluding hydrogens is 282 g/mol. The van der Waals surface area contributed by atoms with Gasteiger partial charge in [-0.15, -0.1) is 0 Å². The van der Waals surface area contributed by atoms with E-state index in [1.165, 1.54) is 11.1 Å². The predicted octanol–water partition coefficient (Wildman–Crippen LogP) is 4.58. The monoisotopic (exact) mass is 303 g/mol. The molecule has 1 unspecified atom stereocenters. The number of halogens is 1. The average molecular weight is 304 g/mol. The molecule has 2 nitrogen and oxygen atoms in total. The molecule has 0 bridgehead atoms. The van der Waals surface area contributed by atoms with Crippen molar-refractivity contribution >= 4 is 11.6 Å². The molecule has 0 heterocycles. The van der Waals surface area contributed by atoms with E-state index in [0.717, 1.165) is 27.5 Å². The van der Waals surface area contributed by atoms with Crippen molar-refractivity contribution in [3.05, 3.63) is 63.2 Å². The van der Waals surface area contributed by atoms with Gasteiger partial charge in [0.2, 0.25) is 0 Å². The van der Waals surface area contributed by atoms with Crippen LogP contribution < -0.4 is 10.1 Å². The first-order chi connectivity index (χ1) is 9.99. The fourth-order valence-corrected chi connectivity index (χ4v) is 3.06. The highest BCUT2D eigenvalue weighted by atomic mass is 35.5. The average Bonchev–Trinajstić information content (AvgIpc) is 2.45. The van der Waals surface area contributed by atoms with E-state index >= 15 is 0 Å². The normalized spacial score (nSPS) is 12.3. The van der Waals surface area contributed by atoms with Crippen molar-refractivity contribution < 1.29 is 4.74 Å². The second-order valence-electron chi connectivity index (χ2n) is 5.40. The van der Waals surface area contributed by atoms with Gasteiger partial charge in [0.1, 0.15) is 5.75 Å². The molecule has 3 heteroatoms. The number of aryl methyl sites for hydroxylation is 3. The van der Waals surface area contributed by atoms with Crippen LogP contribution in [0.15, 0.2) is 30.3 Å². The van der Waals surface area contributed by atoms with E-state index in [-0.39, 0.29) is 6.04 Å². The van der Waals surface area contributed by atoms with E-state index in [1.54, 1.807) is 7.11 Å². The molecule has 0 aromatic heterocycles. The van der Waals surface area contributed by atoms with Crippen LogP contribution in [0.4, 0.5) is 0 Å². The Kier molecular flexibility index (Phi) is 4.92. The maximum Gasteiger partial charge on any atom is 0.124 e. The van der Waals surface area contributed by atoms with Crippen molar-refractivity contribution in [2.24, 2.45) is 0 Å². The standard InChI is InChI=1S/C18H22ClNO/c1-11-9-13(3)16(15(10-11)21-5)18(20-4)14-8-6-7-12(2)17(14)19/h6-10,18,20H,1-5H3. The minimum atomic E-state index is 0.00736. The number of hydrogen-bond acceptors (Lipinski definition) is 2. The van der Waals surface area contributed by atoms with Crippen LogP contribution in [0, 0.1) is 20.8 Å². The Morgan fingerprint density at radius 1 is 1.10 bits per heavy atom. The van der Waals surface area contributed by atoms with Gasteiger partial charge < -0.3 is 10.1 Å². The highest BCUT2D eigenvalue weighted by Crippen LogP contribution is 2.37. The molecule has 1 atom stereocenters. The van der Waals surface area contributed by atoms with Crippen LogP contribution in [0.2, 0.25) is 5.02 Å². The lowest BCUT2D eigenvalue weighted by Crippen LogP contribution is -2.20. The zero-order chi connectivity index (χ0) is 15.6. The lowest BCUT2D eigenvalue weighted by Gasteiger charge is -2.24. The molecule has 0 spiro atoms. The highest BCUT2D eigenvalue weighted by Gasteiger charge is 2.22. The number of ether oxygens (including phenoxy) is 1. The van der Waals surface area contributed by atoms with Crippen LogP contribution in [0.3, 0.4) is 0 Å². The van der Waals surface area contributed by atoms with Crippen molar-refractivity contribution in [1.29, 1.82) is 0 Å². The lowest BCUT2D eigenvalue weighted by atomic mass is 9.92. The maximum absolute atomic E-state index is 6.51. The first kappa shape index (κ1) is 15.9. The zero-order valence-electron chi connectivity index (χ0n) is 13.3. The van der Waals surface area contributed by atoms with E-state index in [0.29, 0.717) is 0 Å². The third kappa shape index (κ3) is 3.07. The number of benzene rings is 2. The molecule has 0 radical (unpaired) electrons. The molecule has 1 N–H and O–H groups in total. The number of rotatable bonds is 4. The van der Waals surface area contributed by atoms with Crippen molar-refractivity contribution in [3.63, 3.8) is 0 Å². The van der Waals surface area contributed by atoms with Gasteiger partial charge in [-0.05, 0) is 56.1 Å². The van der Waals surface area contributed by atoms with E-state index in [4.69, 9.17) is 16.3 Å². The zero-order valence-corrected chi connectivity index (χ0v) is 14.0. The fourth-order valence-electron chi connectivity index (χ4n) is 2.83. The van der Waals surface area contributed by atoms with Gasteiger partial charge >= 0.3 is 0 Å². The molecule has 0 saturated heterocycles. The summed E-state index contributed by atoms with van der Waals surface area (Å²) in [5.41, 5.74) is 5.68. The molecule has 0 aliphatic heterocycles. The summed E-state index contributed by atoms with van der Waals surface area (Å²) in [7, 11) is 3.66. The second kappa shape index (κ2) is 6.50. The van der Waals surface area contributed by atoms with Crippen molar-refractivity contribution in [2.75, 3.05) is 14.2 Å². The third-order valence-electron chi connectivity index (χ3n) is 3.82. The smallest absolute Gasteiger partial charge is 0.124 e. The summed E-state index contributed by atoms with van der Waals surface area (Å²) in [6, 6.07) is 10.4. The SMILES string of the molecule is CNC(c1cccc(C)c1Cl)c1c(C)cc(C)cc1OC. The van der Waals surface area contributed by atoms with Gasteiger partial charge in [0.15, 0.2) is 0 Å². The Labute approximate surface area is 132 Å². The Bertz CT molecular complexity index is 652. The largest absolute Gasteiger partial charge is 0.496 e. The van der Waals surface area contributed by atoms with Crippen LogP contribution in [-0.4, -0.2) is 14.2 Å². The van der Waals surface area contributed by atoms with Crippen molar-refractivity contribution in [1.82, 2.24) is 5.32 Å². The van der Waals surface area contributed by atoms with Gasteiger partial charge in [-0.25, -0.2) is 0 Å². The number of nitrogens with one attached hydrogen (secondary N) is 1. The number of hydrogen-bond donors (Lipinski definition) is 1. The molecule has 0 amide bonds. The minimum absolute atomic E-state index is 0.00736. The summed E-state index contributed by atoms with van der Waals surface area (Å²) in [4.78, 5) is 0. The highest BCUT2D eigenvalue weighted by molar-refractivity contribution is 6.32. The van der Waals surface area contributed by atoms with E-state index in [1.807, 2.05) is 26.1 Å².